The largest absolute Gasteiger partial charge is 0.399 e. The summed E-state index contributed by atoms with van der Waals surface area (Å²) in [6, 6.07) is 7.03. The lowest BCUT2D eigenvalue weighted by Gasteiger charge is -2.15. The Labute approximate surface area is 152 Å². The summed E-state index contributed by atoms with van der Waals surface area (Å²) >= 11 is 0. The van der Waals surface area contributed by atoms with Gasteiger partial charge in [-0.2, -0.15) is 5.10 Å². The van der Waals surface area contributed by atoms with Gasteiger partial charge in [0.1, 0.15) is 6.04 Å². The van der Waals surface area contributed by atoms with Gasteiger partial charge in [0.05, 0.1) is 11.9 Å². The molecule has 1 atom stereocenters. The molecule has 0 spiro atoms. The average Bonchev–Trinajstić information content (AvgIpc) is 3.13. The zero-order valence-corrected chi connectivity index (χ0v) is 14.8. The summed E-state index contributed by atoms with van der Waals surface area (Å²) in [5, 5.41) is 6.90. The van der Waals surface area contributed by atoms with Crippen molar-refractivity contribution < 1.29 is 9.59 Å². The summed E-state index contributed by atoms with van der Waals surface area (Å²) < 4.78 is 1.65. The normalized spacial score (nSPS) is 16.6. The average molecular weight is 364 g/mol. The molecule has 0 bridgehead atoms. The Morgan fingerprint density at radius 3 is 2.84 bits per heavy atom. The van der Waals surface area contributed by atoms with Crippen LogP contribution in [-0.2, 0) is 23.1 Å². The van der Waals surface area contributed by atoms with Crippen molar-refractivity contribution in [2.45, 2.75) is 25.3 Å². The van der Waals surface area contributed by atoms with Crippen LogP contribution >= 0.6 is 12.4 Å². The number of carbonyl (C=O) groups is 2. The summed E-state index contributed by atoms with van der Waals surface area (Å²) in [5.74, 6) is -0.222. The second-order valence-corrected chi connectivity index (χ2v) is 5.97. The van der Waals surface area contributed by atoms with E-state index in [0.29, 0.717) is 31.5 Å². The molecule has 7 nitrogen and oxygen atoms in total. The van der Waals surface area contributed by atoms with Crippen LogP contribution in [-0.4, -0.2) is 34.2 Å². The quantitative estimate of drug-likeness (QED) is 0.782. The fourth-order valence-corrected chi connectivity index (χ4v) is 2.89. The topological polar surface area (TPSA) is 93.2 Å². The zero-order chi connectivity index (χ0) is 17.1. The first-order chi connectivity index (χ1) is 11.5. The SMILES string of the molecule is Cl.Cn1cc(N2CCC(NC(=O)CCc3ccccc3N)C2=O)cn1. The van der Waals surface area contributed by atoms with Crippen LogP contribution in [0.25, 0.3) is 0 Å². The lowest BCUT2D eigenvalue weighted by Crippen LogP contribution is -2.41. The molecule has 1 fully saturated rings. The first-order valence-corrected chi connectivity index (χ1v) is 7.97. The van der Waals surface area contributed by atoms with E-state index >= 15 is 0 Å². The standard InChI is InChI=1S/C17H21N5O2.ClH/c1-21-11-13(10-19-21)22-9-8-15(17(22)24)20-16(23)7-6-12-4-2-3-5-14(12)18;/h2-5,10-11,15H,6-9,18H2,1H3,(H,20,23);1H. The number of halogens is 1. The summed E-state index contributed by atoms with van der Waals surface area (Å²) in [6.07, 6.45) is 4.92. The van der Waals surface area contributed by atoms with Crippen LogP contribution in [0.2, 0.25) is 0 Å². The maximum absolute atomic E-state index is 12.4. The van der Waals surface area contributed by atoms with E-state index in [1.165, 1.54) is 0 Å². The molecule has 1 aliphatic rings. The highest BCUT2D eigenvalue weighted by atomic mass is 35.5. The summed E-state index contributed by atoms with van der Waals surface area (Å²) in [5.41, 5.74) is 8.27. The number of hydrogen-bond acceptors (Lipinski definition) is 4. The van der Waals surface area contributed by atoms with E-state index in [1.807, 2.05) is 24.3 Å². The van der Waals surface area contributed by atoms with Crippen LogP contribution in [0.15, 0.2) is 36.7 Å². The van der Waals surface area contributed by atoms with Crippen molar-refractivity contribution in [1.82, 2.24) is 15.1 Å². The molecule has 1 aromatic carbocycles. The Balaban J connectivity index is 0.00000225. The molecule has 0 saturated carbocycles. The van der Waals surface area contributed by atoms with E-state index in [9.17, 15) is 9.59 Å². The first kappa shape index (κ1) is 18.8. The van der Waals surface area contributed by atoms with Gasteiger partial charge in [-0.1, -0.05) is 18.2 Å². The fourth-order valence-electron chi connectivity index (χ4n) is 2.89. The fraction of sp³-hybridized carbons (Fsp3) is 0.353. The molecule has 25 heavy (non-hydrogen) atoms. The van der Waals surface area contributed by atoms with E-state index in [-0.39, 0.29) is 24.2 Å². The molecule has 2 heterocycles. The second kappa shape index (κ2) is 8.02. The minimum atomic E-state index is -0.467. The maximum Gasteiger partial charge on any atom is 0.249 e. The second-order valence-electron chi connectivity index (χ2n) is 5.97. The van der Waals surface area contributed by atoms with Crippen LogP contribution in [0.5, 0.6) is 0 Å². The highest BCUT2D eigenvalue weighted by Crippen LogP contribution is 2.21. The van der Waals surface area contributed by atoms with E-state index in [0.717, 1.165) is 11.3 Å². The smallest absolute Gasteiger partial charge is 0.249 e. The molecule has 2 aromatic rings. The predicted octanol–water partition coefficient (Wildman–Crippen LogP) is 1.28. The molecular formula is C17H22ClN5O2. The molecular weight excluding hydrogens is 342 g/mol. The number of carbonyl (C=O) groups excluding carboxylic acids is 2. The number of nitrogens with one attached hydrogen (secondary N) is 1. The van der Waals surface area contributed by atoms with Crippen LogP contribution < -0.4 is 16.0 Å². The molecule has 0 aliphatic carbocycles. The molecule has 1 unspecified atom stereocenters. The third kappa shape index (κ3) is 4.30. The van der Waals surface area contributed by atoms with E-state index in [4.69, 9.17) is 5.73 Å². The number of benzene rings is 1. The highest BCUT2D eigenvalue weighted by molar-refractivity contribution is 6.01. The molecule has 2 amide bonds. The number of nitrogen functional groups attached to an aromatic ring is 1. The Hall–Kier alpha value is -2.54. The Morgan fingerprint density at radius 1 is 1.40 bits per heavy atom. The van der Waals surface area contributed by atoms with Gasteiger partial charge in [0.25, 0.3) is 0 Å². The van der Waals surface area contributed by atoms with Crippen molar-refractivity contribution in [3.8, 4) is 0 Å². The van der Waals surface area contributed by atoms with Gasteiger partial charge in [-0.15, -0.1) is 12.4 Å². The molecule has 1 saturated heterocycles. The lowest BCUT2D eigenvalue weighted by molar-refractivity contribution is -0.126. The van der Waals surface area contributed by atoms with Crippen LogP contribution in [0.3, 0.4) is 0 Å². The minimum Gasteiger partial charge on any atom is -0.399 e. The van der Waals surface area contributed by atoms with Gasteiger partial charge >= 0.3 is 0 Å². The van der Waals surface area contributed by atoms with Crippen molar-refractivity contribution in [3.05, 3.63) is 42.2 Å². The van der Waals surface area contributed by atoms with Gasteiger partial charge in [-0.05, 0) is 24.5 Å². The Bertz CT molecular complexity index is 761. The molecule has 1 aromatic heterocycles. The van der Waals surface area contributed by atoms with Gasteiger partial charge in [-0.25, -0.2) is 0 Å². The van der Waals surface area contributed by atoms with Gasteiger partial charge < -0.3 is 16.0 Å². The van der Waals surface area contributed by atoms with Crippen LogP contribution in [0.4, 0.5) is 11.4 Å². The summed E-state index contributed by atoms with van der Waals surface area (Å²) in [6.45, 7) is 0.584. The number of amides is 2. The Morgan fingerprint density at radius 2 is 2.16 bits per heavy atom. The van der Waals surface area contributed by atoms with Gasteiger partial charge in [0, 0.05) is 31.9 Å². The van der Waals surface area contributed by atoms with Crippen molar-refractivity contribution in [2.75, 3.05) is 17.2 Å². The van der Waals surface area contributed by atoms with E-state index < -0.39 is 6.04 Å². The van der Waals surface area contributed by atoms with Crippen molar-refractivity contribution in [3.63, 3.8) is 0 Å². The highest BCUT2D eigenvalue weighted by Gasteiger charge is 2.33. The Kier molecular flexibility index (Phi) is 6.03. The summed E-state index contributed by atoms with van der Waals surface area (Å²) in [7, 11) is 1.80. The summed E-state index contributed by atoms with van der Waals surface area (Å²) in [4.78, 5) is 26.2. The number of nitrogens with two attached hydrogens (primary N) is 1. The lowest BCUT2D eigenvalue weighted by atomic mass is 10.1. The van der Waals surface area contributed by atoms with Crippen LogP contribution in [0, 0.1) is 0 Å². The molecule has 8 heteroatoms. The number of rotatable bonds is 5. The molecule has 1 aliphatic heterocycles. The van der Waals surface area contributed by atoms with E-state index in [2.05, 4.69) is 10.4 Å². The molecule has 3 N–H and O–H groups in total. The van der Waals surface area contributed by atoms with Crippen LogP contribution in [0.1, 0.15) is 18.4 Å². The maximum atomic E-state index is 12.4. The minimum absolute atomic E-state index is 0. The number of aromatic nitrogens is 2. The molecule has 3 rings (SSSR count). The van der Waals surface area contributed by atoms with Gasteiger partial charge in [0.15, 0.2) is 0 Å². The van der Waals surface area contributed by atoms with Crippen molar-refractivity contribution in [2.24, 2.45) is 7.05 Å². The van der Waals surface area contributed by atoms with E-state index in [1.54, 1.807) is 29.0 Å². The number of para-hydroxylation sites is 1. The van der Waals surface area contributed by atoms with Crippen molar-refractivity contribution >= 4 is 35.6 Å². The number of anilines is 2. The number of aryl methyl sites for hydroxylation is 2. The predicted molar refractivity (Wildman–Crippen MR) is 98.5 cm³/mol. The van der Waals surface area contributed by atoms with Gasteiger partial charge in [-0.3, -0.25) is 14.3 Å². The monoisotopic (exact) mass is 363 g/mol. The van der Waals surface area contributed by atoms with Crippen molar-refractivity contribution in [1.29, 1.82) is 0 Å². The molecule has 134 valence electrons. The number of hydrogen-bond donors (Lipinski definition) is 2. The first-order valence-electron chi connectivity index (χ1n) is 7.97. The van der Waals surface area contributed by atoms with Gasteiger partial charge in [0.2, 0.25) is 11.8 Å². The third-order valence-electron chi connectivity index (χ3n) is 4.22. The molecule has 0 radical (unpaired) electrons. The number of nitrogens with zero attached hydrogens (tertiary/aromatic N) is 3. The third-order valence-corrected chi connectivity index (χ3v) is 4.22. The zero-order valence-electron chi connectivity index (χ0n) is 14.0.